The molecule has 7 nitrogen and oxygen atoms in total. The lowest BCUT2D eigenvalue weighted by Gasteiger charge is -2.12. The van der Waals surface area contributed by atoms with Gasteiger partial charge in [0.1, 0.15) is 23.9 Å². The van der Waals surface area contributed by atoms with Crippen molar-refractivity contribution in [3.05, 3.63) is 119 Å². The summed E-state index contributed by atoms with van der Waals surface area (Å²) in [6, 6.07) is 32.4. The van der Waals surface area contributed by atoms with Crippen molar-refractivity contribution >= 4 is 17.6 Å². The highest BCUT2D eigenvalue weighted by Crippen LogP contribution is 2.36. The molecule has 0 aliphatic rings. The molecule has 8 heteroatoms. The van der Waals surface area contributed by atoms with E-state index in [2.05, 4.69) is 0 Å². The second-order valence-electron chi connectivity index (χ2n) is 9.01. The van der Waals surface area contributed by atoms with Crippen LogP contribution in [0, 0.1) is 0 Å². The number of carboxylic acid groups (broad SMARTS) is 1. The van der Waals surface area contributed by atoms with Crippen molar-refractivity contribution < 1.29 is 24.1 Å². The summed E-state index contributed by atoms with van der Waals surface area (Å²) in [6.07, 6.45) is 0. The van der Waals surface area contributed by atoms with E-state index in [0.717, 1.165) is 28.1 Å². The van der Waals surface area contributed by atoms with Crippen LogP contribution in [0.5, 0.6) is 17.2 Å². The van der Waals surface area contributed by atoms with E-state index in [0.29, 0.717) is 40.9 Å². The quantitative estimate of drug-likeness (QED) is 0.190. The first-order chi connectivity index (χ1) is 19.5. The summed E-state index contributed by atoms with van der Waals surface area (Å²) in [6.45, 7) is 0.342. The predicted molar refractivity (Wildman–Crippen MR) is 154 cm³/mol. The van der Waals surface area contributed by atoms with Crippen LogP contribution in [0.4, 0.5) is 0 Å². The first-order valence-corrected chi connectivity index (χ1v) is 13.0. The van der Waals surface area contributed by atoms with Crippen LogP contribution in [-0.2, 0) is 17.9 Å². The summed E-state index contributed by atoms with van der Waals surface area (Å²) in [7, 11) is 1.64. The molecule has 1 heterocycles. The van der Waals surface area contributed by atoms with Crippen molar-refractivity contribution in [2.45, 2.75) is 13.2 Å². The lowest BCUT2D eigenvalue weighted by Crippen LogP contribution is -2.10. The predicted octanol–water partition coefficient (Wildman–Crippen LogP) is 6.97. The van der Waals surface area contributed by atoms with E-state index >= 15 is 0 Å². The number of halogens is 1. The normalized spacial score (nSPS) is 10.8. The molecular formula is C32H27ClN2O5. The zero-order chi connectivity index (χ0) is 27.9. The number of benzene rings is 4. The molecule has 0 bridgehead atoms. The smallest absolute Gasteiger partial charge is 0.341 e. The van der Waals surface area contributed by atoms with Crippen LogP contribution in [0.3, 0.4) is 0 Å². The molecule has 0 unspecified atom stereocenters. The van der Waals surface area contributed by atoms with Crippen LogP contribution in [0.1, 0.15) is 11.1 Å². The van der Waals surface area contributed by atoms with Gasteiger partial charge in [0.15, 0.2) is 6.61 Å². The molecule has 0 amide bonds. The largest absolute Gasteiger partial charge is 0.496 e. The van der Waals surface area contributed by atoms with Crippen molar-refractivity contribution in [2.24, 2.45) is 0 Å². The lowest BCUT2D eigenvalue weighted by molar-refractivity contribution is -0.139. The third kappa shape index (κ3) is 6.45. The maximum atomic E-state index is 11.3. The number of hydrogen-bond donors (Lipinski definition) is 1. The Morgan fingerprint density at radius 2 is 1.62 bits per heavy atom. The summed E-state index contributed by atoms with van der Waals surface area (Å²) in [4.78, 5) is 11.3. The third-order valence-corrected chi connectivity index (χ3v) is 6.51. The number of aromatic nitrogens is 2. The Hall–Kier alpha value is -4.75. The molecule has 5 rings (SSSR count). The van der Waals surface area contributed by atoms with Crippen LogP contribution in [0.15, 0.2) is 103 Å². The highest BCUT2D eigenvalue weighted by Gasteiger charge is 2.18. The van der Waals surface area contributed by atoms with E-state index in [9.17, 15) is 9.90 Å². The molecule has 0 spiro atoms. The fourth-order valence-corrected chi connectivity index (χ4v) is 4.45. The van der Waals surface area contributed by atoms with Crippen LogP contribution >= 0.6 is 11.6 Å². The van der Waals surface area contributed by atoms with E-state index in [1.807, 2.05) is 95.7 Å². The summed E-state index contributed by atoms with van der Waals surface area (Å²) in [5, 5.41) is 14.8. The molecule has 0 aliphatic carbocycles. The van der Waals surface area contributed by atoms with E-state index in [1.54, 1.807) is 19.2 Å². The number of rotatable bonds is 11. The van der Waals surface area contributed by atoms with Crippen LogP contribution in [0.25, 0.3) is 22.5 Å². The van der Waals surface area contributed by atoms with Crippen molar-refractivity contribution in [2.75, 3.05) is 13.7 Å². The second kappa shape index (κ2) is 12.4. The minimum Gasteiger partial charge on any atom is -0.496 e. The van der Waals surface area contributed by atoms with E-state index < -0.39 is 12.6 Å². The Morgan fingerprint density at radius 1 is 0.875 bits per heavy atom. The Bertz CT molecular complexity index is 1600. The van der Waals surface area contributed by atoms with Gasteiger partial charge >= 0.3 is 5.97 Å². The zero-order valence-corrected chi connectivity index (χ0v) is 22.5. The fraction of sp³-hybridized carbons (Fsp3) is 0.125. The minimum atomic E-state index is -1.07. The van der Waals surface area contributed by atoms with E-state index in [-0.39, 0.29) is 0 Å². The van der Waals surface area contributed by atoms with Crippen LogP contribution in [-0.4, -0.2) is 34.6 Å². The molecule has 5 aromatic rings. The maximum absolute atomic E-state index is 11.3. The molecule has 0 radical (unpaired) electrons. The molecular weight excluding hydrogens is 528 g/mol. The SMILES string of the molecule is COc1ccccc1Cn1nc(-c2cc(OCc3ccccc3)ccc2OCC(=O)O)cc1-c1ccc(Cl)cc1. The third-order valence-electron chi connectivity index (χ3n) is 6.26. The number of carboxylic acids is 1. The fourth-order valence-electron chi connectivity index (χ4n) is 4.32. The van der Waals surface area contributed by atoms with Crippen LogP contribution < -0.4 is 14.2 Å². The Kier molecular flexibility index (Phi) is 8.32. The number of methoxy groups -OCH3 is 1. The molecule has 4 aromatic carbocycles. The lowest BCUT2D eigenvalue weighted by atomic mass is 10.1. The number of hydrogen-bond acceptors (Lipinski definition) is 5. The number of para-hydroxylation sites is 1. The average molecular weight is 555 g/mol. The van der Waals surface area contributed by atoms with Crippen molar-refractivity contribution in [3.63, 3.8) is 0 Å². The van der Waals surface area contributed by atoms with Gasteiger partial charge in [0, 0.05) is 16.1 Å². The first-order valence-electron chi connectivity index (χ1n) is 12.6. The van der Waals surface area contributed by atoms with Crippen molar-refractivity contribution in [1.82, 2.24) is 9.78 Å². The van der Waals surface area contributed by atoms with Gasteiger partial charge in [0.05, 0.1) is 25.0 Å². The standard InChI is InChI=1S/C32H27ClN2O5/c1-38-30-10-6-5-9-24(30)19-35-29(23-11-13-25(33)14-12-23)18-28(34-35)27-17-26(15-16-31(27)40-21-32(36)37)39-20-22-7-3-2-4-8-22/h2-18H,19-21H2,1H3,(H,36,37). The van der Waals surface area contributed by atoms with E-state index in [1.165, 1.54) is 0 Å². The second-order valence-corrected chi connectivity index (χ2v) is 9.44. The molecule has 0 fully saturated rings. The van der Waals surface area contributed by atoms with Crippen molar-refractivity contribution in [3.8, 4) is 39.8 Å². The van der Waals surface area contributed by atoms with Gasteiger partial charge in [-0.1, -0.05) is 72.3 Å². The maximum Gasteiger partial charge on any atom is 0.341 e. The van der Waals surface area contributed by atoms with Gasteiger partial charge in [-0.15, -0.1) is 0 Å². The molecule has 202 valence electrons. The van der Waals surface area contributed by atoms with Gasteiger partial charge in [0.25, 0.3) is 0 Å². The average Bonchev–Trinajstić information content (AvgIpc) is 3.40. The highest BCUT2D eigenvalue weighted by molar-refractivity contribution is 6.30. The minimum absolute atomic E-state index is 0.383. The van der Waals surface area contributed by atoms with Gasteiger partial charge in [-0.05, 0) is 53.6 Å². The first kappa shape index (κ1) is 26.8. The van der Waals surface area contributed by atoms with Gasteiger partial charge in [-0.25, -0.2) is 4.79 Å². The molecule has 0 aliphatic heterocycles. The molecule has 0 atom stereocenters. The zero-order valence-electron chi connectivity index (χ0n) is 21.8. The van der Waals surface area contributed by atoms with Gasteiger partial charge in [-0.2, -0.15) is 5.10 Å². The molecule has 1 N–H and O–H groups in total. The molecule has 0 saturated carbocycles. The number of nitrogens with zero attached hydrogens (tertiary/aromatic N) is 2. The van der Waals surface area contributed by atoms with Gasteiger partial charge in [0.2, 0.25) is 0 Å². The molecule has 0 saturated heterocycles. The summed E-state index contributed by atoms with van der Waals surface area (Å²) >= 11 is 6.16. The number of ether oxygens (including phenoxy) is 3. The Balaban J connectivity index is 1.57. The highest BCUT2D eigenvalue weighted by atomic mass is 35.5. The van der Waals surface area contributed by atoms with E-state index in [4.69, 9.17) is 30.9 Å². The number of carbonyl (C=O) groups is 1. The van der Waals surface area contributed by atoms with Gasteiger partial charge in [-0.3, -0.25) is 4.68 Å². The summed E-state index contributed by atoms with van der Waals surface area (Å²) in [5.74, 6) is 0.676. The summed E-state index contributed by atoms with van der Waals surface area (Å²) in [5.41, 5.74) is 4.96. The summed E-state index contributed by atoms with van der Waals surface area (Å²) < 4.78 is 19.2. The Morgan fingerprint density at radius 3 is 2.38 bits per heavy atom. The Labute approximate surface area is 237 Å². The molecule has 40 heavy (non-hydrogen) atoms. The van der Waals surface area contributed by atoms with Crippen molar-refractivity contribution in [1.29, 1.82) is 0 Å². The molecule has 1 aromatic heterocycles. The van der Waals surface area contributed by atoms with Gasteiger partial charge < -0.3 is 19.3 Å². The number of aliphatic carboxylic acids is 1. The van der Waals surface area contributed by atoms with Crippen LogP contribution in [0.2, 0.25) is 5.02 Å². The topological polar surface area (TPSA) is 82.8 Å². The monoisotopic (exact) mass is 554 g/mol.